The van der Waals surface area contributed by atoms with Crippen LogP contribution in [0.1, 0.15) is 149 Å². The summed E-state index contributed by atoms with van der Waals surface area (Å²) in [6, 6.07) is 0. The smallest absolute Gasteiger partial charge is 0.0352 e. The Balaban J connectivity index is 1.67. The second-order valence-electron chi connectivity index (χ2n) is 12.1. The summed E-state index contributed by atoms with van der Waals surface area (Å²) in [6.45, 7) is 7.70. The van der Waals surface area contributed by atoms with Gasteiger partial charge in [-0.15, -0.1) is 0 Å². The van der Waals surface area contributed by atoms with E-state index in [2.05, 4.69) is 20.8 Å². The molecule has 0 nitrogen and oxygen atoms in total. The molecule has 6 atom stereocenters. The van der Waals surface area contributed by atoms with Gasteiger partial charge in [0.2, 0.25) is 0 Å². The molecule has 176 valence electrons. The van der Waals surface area contributed by atoms with E-state index in [1.165, 1.54) is 83.5 Å². The molecule has 3 aliphatic rings. The first kappa shape index (κ1) is 24.6. The molecule has 3 saturated carbocycles. The Morgan fingerprint density at radius 3 is 1.57 bits per heavy atom. The van der Waals surface area contributed by atoms with Crippen LogP contribution >= 0.6 is 0 Å². The van der Waals surface area contributed by atoms with Crippen molar-refractivity contribution in [2.75, 3.05) is 0 Å². The normalized spacial score (nSPS) is 38.9. The molecule has 0 radical (unpaired) electrons. The summed E-state index contributed by atoms with van der Waals surface area (Å²) in [4.78, 5) is 0. The van der Waals surface area contributed by atoms with Crippen molar-refractivity contribution in [1.29, 1.82) is 0 Å². The van der Waals surface area contributed by atoms with Gasteiger partial charge in [0.1, 0.15) is 0 Å². The van der Waals surface area contributed by atoms with E-state index in [0.29, 0.717) is 0 Å². The Labute approximate surface area is 190 Å². The van der Waals surface area contributed by atoms with Crippen LogP contribution in [0.25, 0.3) is 0 Å². The second-order valence-corrected chi connectivity index (χ2v) is 12.1. The maximum absolute atomic E-state index is 2.65. The van der Waals surface area contributed by atoms with Crippen LogP contribution in [0.3, 0.4) is 0 Å². The molecule has 0 aliphatic heterocycles. The zero-order chi connectivity index (χ0) is 21.2. The standard InChI is InChI=1S/C30H56/c1-4-15-28-25(3)17-13-20-27(26-18-9-7-5-6-8-10-19-26)21-14-23-30(28)29-22-12-11-16-24(29)2/h24-30H,4-23H2,1-3H3. The third-order valence-electron chi connectivity index (χ3n) is 10.0. The van der Waals surface area contributed by atoms with Gasteiger partial charge >= 0.3 is 0 Å². The van der Waals surface area contributed by atoms with E-state index in [4.69, 9.17) is 0 Å². The lowest BCUT2D eigenvalue weighted by Gasteiger charge is -2.43. The van der Waals surface area contributed by atoms with Crippen LogP contribution in [0.4, 0.5) is 0 Å². The van der Waals surface area contributed by atoms with E-state index in [9.17, 15) is 0 Å². The van der Waals surface area contributed by atoms with Crippen LogP contribution < -0.4 is 0 Å². The SMILES string of the molecule is CCCC1C(C)CCCC(C2CCCCCCCC2)CCCC1C1CCCCC1C. The molecule has 0 aromatic rings. The average molecular weight is 417 g/mol. The molecule has 0 aromatic carbocycles. The Bertz CT molecular complexity index is 429. The molecule has 0 spiro atoms. The molecule has 0 amide bonds. The third-order valence-corrected chi connectivity index (χ3v) is 10.0. The minimum atomic E-state index is 0.961. The van der Waals surface area contributed by atoms with E-state index in [1.807, 2.05) is 0 Å². The Kier molecular flexibility index (Phi) is 11.1. The first-order chi connectivity index (χ1) is 14.7. The van der Waals surface area contributed by atoms with Gasteiger partial charge in [-0.1, -0.05) is 136 Å². The fourth-order valence-corrected chi connectivity index (χ4v) is 8.26. The van der Waals surface area contributed by atoms with Gasteiger partial charge in [-0.25, -0.2) is 0 Å². The zero-order valence-corrected chi connectivity index (χ0v) is 21.2. The summed E-state index contributed by atoms with van der Waals surface area (Å²) in [7, 11) is 0. The molecule has 3 rings (SSSR count). The fraction of sp³-hybridized carbons (Fsp3) is 1.00. The number of hydrogen-bond donors (Lipinski definition) is 0. The topological polar surface area (TPSA) is 0 Å². The lowest BCUT2D eigenvalue weighted by Crippen LogP contribution is -2.34. The quantitative estimate of drug-likeness (QED) is 0.427. The van der Waals surface area contributed by atoms with Crippen LogP contribution in [0.15, 0.2) is 0 Å². The summed E-state index contributed by atoms with van der Waals surface area (Å²) >= 11 is 0. The maximum Gasteiger partial charge on any atom is -0.0352 e. The van der Waals surface area contributed by atoms with E-state index < -0.39 is 0 Å². The second kappa shape index (κ2) is 13.5. The maximum atomic E-state index is 2.65. The molecule has 0 bridgehead atoms. The lowest BCUT2D eigenvalue weighted by molar-refractivity contribution is 0.0692. The summed E-state index contributed by atoms with van der Waals surface area (Å²) in [5, 5.41) is 0. The van der Waals surface area contributed by atoms with Crippen molar-refractivity contribution in [3.63, 3.8) is 0 Å². The van der Waals surface area contributed by atoms with Crippen molar-refractivity contribution in [2.45, 2.75) is 149 Å². The van der Waals surface area contributed by atoms with Gasteiger partial charge in [0, 0.05) is 0 Å². The van der Waals surface area contributed by atoms with E-state index in [-0.39, 0.29) is 0 Å². The average Bonchev–Trinajstić information content (AvgIpc) is 2.89. The molecule has 30 heavy (non-hydrogen) atoms. The number of hydrogen-bond acceptors (Lipinski definition) is 0. The third kappa shape index (κ3) is 7.27. The van der Waals surface area contributed by atoms with Gasteiger partial charge in [0.05, 0.1) is 0 Å². The highest BCUT2D eigenvalue weighted by Gasteiger charge is 2.36. The van der Waals surface area contributed by atoms with Gasteiger partial charge in [0.15, 0.2) is 0 Å². The van der Waals surface area contributed by atoms with Crippen molar-refractivity contribution < 1.29 is 0 Å². The van der Waals surface area contributed by atoms with E-state index in [0.717, 1.165) is 41.4 Å². The predicted octanol–water partition coefficient (Wildman–Crippen LogP) is 10.2. The van der Waals surface area contributed by atoms with Crippen molar-refractivity contribution in [3.05, 3.63) is 0 Å². The molecule has 0 saturated heterocycles. The molecule has 0 heterocycles. The predicted molar refractivity (Wildman–Crippen MR) is 134 cm³/mol. The Morgan fingerprint density at radius 2 is 0.933 bits per heavy atom. The molecular weight excluding hydrogens is 360 g/mol. The molecule has 3 fully saturated rings. The first-order valence-electron chi connectivity index (χ1n) is 14.7. The molecule has 6 unspecified atom stereocenters. The molecule has 3 aliphatic carbocycles. The van der Waals surface area contributed by atoms with Crippen LogP contribution in [0.5, 0.6) is 0 Å². The van der Waals surface area contributed by atoms with Crippen molar-refractivity contribution >= 4 is 0 Å². The van der Waals surface area contributed by atoms with Crippen molar-refractivity contribution in [3.8, 4) is 0 Å². The minimum Gasteiger partial charge on any atom is -0.0654 e. The van der Waals surface area contributed by atoms with Gasteiger partial charge in [-0.2, -0.15) is 0 Å². The summed E-state index contributed by atoms with van der Waals surface area (Å²) in [5.74, 6) is 7.17. The zero-order valence-electron chi connectivity index (χ0n) is 21.2. The van der Waals surface area contributed by atoms with Crippen LogP contribution in [-0.4, -0.2) is 0 Å². The highest BCUT2D eigenvalue weighted by Crippen LogP contribution is 2.46. The summed E-state index contributed by atoms with van der Waals surface area (Å²) in [6.07, 6.45) is 30.5. The molecule has 0 aromatic heterocycles. The molecular formula is C30H56. The van der Waals surface area contributed by atoms with Crippen molar-refractivity contribution in [2.24, 2.45) is 41.4 Å². The van der Waals surface area contributed by atoms with Crippen LogP contribution in [-0.2, 0) is 0 Å². The van der Waals surface area contributed by atoms with Gasteiger partial charge in [-0.05, 0) is 54.3 Å². The lowest BCUT2D eigenvalue weighted by atomic mass is 9.62. The van der Waals surface area contributed by atoms with Gasteiger partial charge in [-0.3, -0.25) is 0 Å². The van der Waals surface area contributed by atoms with Gasteiger partial charge < -0.3 is 0 Å². The van der Waals surface area contributed by atoms with E-state index in [1.54, 1.807) is 44.9 Å². The van der Waals surface area contributed by atoms with Crippen molar-refractivity contribution in [1.82, 2.24) is 0 Å². The Hall–Kier alpha value is 0. The minimum absolute atomic E-state index is 0.961. The van der Waals surface area contributed by atoms with Crippen LogP contribution in [0.2, 0.25) is 0 Å². The monoisotopic (exact) mass is 416 g/mol. The fourth-order valence-electron chi connectivity index (χ4n) is 8.26. The summed E-state index contributed by atoms with van der Waals surface area (Å²) < 4.78 is 0. The largest absolute Gasteiger partial charge is 0.0654 e. The highest BCUT2D eigenvalue weighted by molar-refractivity contribution is 4.87. The molecule has 0 N–H and O–H groups in total. The van der Waals surface area contributed by atoms with Crippen LogP contribution in [0, 0.1) is 41.4 Å². The summed E-state index contributed by atoms with van der Waals surface area (Å²) in [5.41, 5.74) is 0. The Morgan fingerprint density at radius 1 is 0.467 bits per heavy atom. The van der Waals surface area contributed by atoms with E-state index >= 15 is 0 Å². The highest BCUT2D eigenvalue weighted by atomic mass is 14.4. The first-order valence-corrected chi connectivity index (χ1v) is 14.7. The number of rotatable bonds is 4. The van der Waals surface area contributed by atoms with Gasteiger partial charge in [0.25, 0.3) is 0 Å². The molecule has 0 heteroatoms.